The van der Waals surface area contributed by atoms with Crippen molar-refractivity contribution in [2.45, 2.75) is 40.2 Å². The fraction of sp³-hybridized carbons (Fsp3) is 0.400. The van der Waals surface area contributed by atoms with Gasteiger partial charge in [0.1, 0.15) is 0 Å². The monoisotopic (exact) mass is 271 g/mol. The quantitative estimate of drug-likeness (QED) is 0.895. The van der Waals surface area contributed by atoms with Gasteiger partial charge in [-0.3, -0.25) is 0 Å². The summed E-state index contributed by atoms with van der Waals surface area (Å²) in [6, 6.07) is 6.18. The summed E-state index contributed by atoms with van der Waals surface area (Å²) in [5.74, 6) is 1.21. The highest BCUT2D eigenvalue weighted by Gasteiger charge is 2.12. The molecular weight excluding hydrogens is 250 g/mol. The second-order valence-electron chi connectivity index (χ2n) is 5.93. The SMILES string of the molecule is Cc1cccc(C)c1Nc1cnnc(NC(C)(C)C)n1. The molecule has 0 saturated carbocycles. The number of para-hydroxylation sites is 1. The van der Waals surface area contributed by atoms with Crippen LogP contribution in [-0.2, 0) is 0 Å². The van der Waals surface area contributed by atoms with Gasteiger partial charge in [0.2, 0.25) is 5.95 Å². The predicted octanol–water partition coefficient (Wildman–Crippen LogP) is 3.44. The smallest absolute Gasteiger partial charge is 0.245 e. The molecule has 0 radical (unpaired) electrons. The molecule has 0 aliphatic rings. The van der Waals surface area contributed by atoms with E-state index in [9.17, 15) is 0 Å². The number of rotatable bonds is 3. The number of aryl methyl sites for hydroxylation is 2. The summed E-state index contributed by atoms with van der Waals surface area (Å²) in [6.07, 6.45) is 1.62. The van der Waals surface area contributed by atoms with E-state index in [2.05, 4.69) is 72.6 Å². The van der Waals surface area contributed by atoms with Crippen LogP contribution >= 0.6 is 0 Å². The Morgan fingerprint density at radius 1 is 1.05 bits per heavy atom. The van der Waals surface area contributed by atoms with Gasteiger partial charge in [-0.1, -0.05) is 18.2 Å². The van der Waals surface area contributed by atoms with Crippen molar-refractivity contribution in [3.05, 3.63) is 35.5 Å². The zero-order valence-electron chi connectivity index (χ0n) is 12.7. The van der Waals surface area contributed by atoms with Crippen molar-refractivity contribution in [1.82, 2.24) is 15.2 Å². The van der Waals surface area contributed by atoms with E-state index in [0.717, 1.165) is 5.69 Å². The van der Waals surface area contributed by atoms with E-state index in [1.54, 1.807) is 6.20 Å². The van der Waals surface area contributed by atoms with Gasteiger partial charge in [-0.05, 0) is 45.7 Å². The Kier molecular flexibility index (Phi) is 3.88. The van der Waals surface area contributed by atoms with Gasteiger partial charge in [0.05, 0.1) is 6.20 Å². The lowest BCUT2D eigenvalue weighted by molar-refractivity contribution is 0.623. The van der Waals surface area contributed by atoms with Crippen LogP contribution in [0, 0.1) is 13.8 Å². The lowest BCUT2D eigenvalue weighted by Crippen LogP contribution is -2.27. The number of nitrogens with one attached hydrogen (secondary N) is 2. The molecule has 0 spiro atoms. The van der Waals surface area contributed by atoms with Crippen LogP contribution in [0.1, 0.15) is 31.9 Å². The maximum absolute atomic E-state index is 4.44. The Balaban J connectivity index is 2.24. The number of hydrogen-bond acceptors (Lipinski definition) is 5. The minimum atomic E-state index is -0.0983. The predicted molar refractivity (Wildman–Crippen MR) is 82.4 cm³/mol. The van der Waals surface area contributed by atoms with Gasteiger partial charge in [-0.15, -0.1) is 5.10 Å². The molecule has 0 saturated heterocycles. The second-order valence-corrected chi connectivity index (χ2v) is 5.93. The molecule has 2 N–H and O–H groups in total. The molecule has 0 fully saturated rings. The first-order valence-corrected chi connectivity index (χ1v) is 6.66. The summed E-state index contributed by atoms with van der Waals surface area (Å²) in [5, 5.41) is 14.5. The highest BCUT2D eigenvalue weighted by atomic mass is 15.3. The Bertz CT molecular complexity index is 581. The van der Waals surface area contributed by atoms with Crippen molar-refractivity contribution in [2.24, 2.45) is 0 Å². The molecule has 5 heteroatoms. The highest BCUT2D eigenvalue weighted by Crippen LogP contribution is 2.23. The number of anilines is 3. The highest BCUT2D eigenvalue weighted by molar-refractivity contribution is 5.64. The van der Waals surface area contributed by atoms with E-state index in [4.69, 9.17) is 0 Å². The third-order valence-electron chi connectivity index (χ3n) is 2.78. The van der Waals surface area contributed by atoms with Crippen molar-refractivity contribution >= 4 is 17.5 Å². The largest absolute Gasteiger partial charge is 0.348 e. The normalized spacial score (nSPS) is 11.2. The van der Waals surface area contributed by atoms with Crippen LogP contribution in [0.15, 0.2) is 24.4 Å². The van der Waals surface area contributed by atoms with Crippen molar-refractivity contribution in [1.29, 1.82) is 0 Å². The molecule has 0 atom stereocenters. The zero-order chi connectivity index (χ0) is 14.8. The van der Waals surface area contributed by atoms with Crippen molar-refractivity contribution in [3.8, 4) is 0 Å². The van der Waals surface area contributed by atoms with E-state index in [1.807, 2.05) is 6.07 Å². The Hall–Kier alpha value is -2.17. The summed E-state index contributed by atoms with van der Waals surface area (Å²) in [6.45, 7) is 10.3. The van der Waals surface area contributed by atoms with Gasteiger partial charge >= 0.3 is 0 Å². The van der Waals surface area contributed by atoms with E-state index in [0.29, 0.717) is 11.8 Å². The first kappa shape index (κ1) is 14.2. The van der Waals surface area contributed by atoms with E-state index in [-0.39, 0.29) is 5.54 Å². The Morgan fingerprint density at radius 3 is 2.30 bits per heavy atom. The van der Waals surface area contributed by atoms with Crippen LogP contribution < -0.4 is 10.6 Å². The Labute approximate surface area is 119 Å². The number of aromatic nitrogens is 3. The second kappa shape index (κ2) is 5.45. The molecule has 5 nitrogen and oxygen atoms in total. The van der Waals surface area contributed by atoms with Crippen molar-refractivity contribution in [3.63, 3.8) is 0 Å². The van der Waals surface area contributed by atoms with Crippen molar-refractivity contribution < 1.29 is 0 Å². The van der Waals surface area contributed by atoms with Crippen LogP contribution in [0.4, 0.5) is 17.5 Å². The molecule has 1 aromatic heterocycles. The van der Waals surface area contributed by atoms with Crippen LogP contribution in [0.3, 0.4) is 0 Å². The minimum Gasteiger partial charge on any atom is -0.348 e. The molecular formula is C15H21N5. The van der Waals surface area contributed by atoms with E-state index < -0.39 is 0 Å². The molecule has 2 rings (SSSR count). The standard InChI is InChI=1S/C15H21N5/c1-10-7-6-8-11(2)13(10)17-12-9-16-20-14(18-12)19-15(3,4)5/h6-9H,1-5H3,(H2,17,18,19,20). The number of nitrogens with zero attached hydrogens (tertiary/aromatic N) is 3. The molecule has 106 valence electrons. The molecule has 0 unspecified atom stereocenters. The minimum absolute atomic E-state index is 0.0983. The summed E-state index contributed by atoms with van der Waals surface area (Å²) in [7, 11) is 0. The average Bonchev–Trinajstić information content (AvgIpc) is 2.32. The molecule has 0 aliphatic heterocycles. The molecule has 2 aromatic rings. The van der Waals surface area contributed by atoms with Crippen LogP contribution in [0.5, 0.6) is 0 Å². The van der Waals surface area contributed by atoms with Crippen LogP contribution in [0.2, 0.25) is 0 Å². The lowest BCUT2D eigenvalue weighted by atomic mass is 10.1. The van der Waals surface area contributed by atoms with Crippen LogP contribution in [0.25, 0.3) is 0 Å². The molecule has 1 aromatic carbocycles. The third kappa shape index (κ3) is 3.66. The summed E-state index contributed by atoms with van der Waals surface area (Å²) in [4.78, 5) is 4.44. The first-order valence-electron chi connectivity index (χ1n) is 6.66. The zero-order valence-corrected chi connectivity index (χ0v) is 12.7. The van der Waals surface area contributed by atoms with Gasteiger partial charge in [0.15, 0.2) is 5.82 Å². The molecule has 0 amide bonds. The average molecular weight is 271 g/mol. The third-order valence-corrected chi connectivity index (χ3v) is 2.78. The van der Waals surface area contributed by atoms with Crippen LogP contribution in [-0.4, -0.2) is 20.7 Å². The maximum atomic E-state index is 4.44. The Morgan fingerprint density at radius 2 is 1.70 bits per heavy atom. The molecule has 1 heterocycles. The summed E-state index contributed by atoms with van der Waals surface area (Å²) >= 11 is 0. The van der Waals surface area contributed by atoms with E-state index in [1.165, 1.54) is 11.1 Å². The van der Waals surface area contributed by atoms with Gasteiger partial charge in [0.25, 0.3) is 0 Å². The van der Waals surface area contributed by atoms with Gasteiger partial charge in [0, 0.05) is 11.2 Å². The van der Waals surface area contributed by atoms with E-state index >= 15 is 0 Å². The van der Waals surface area contributed by atoms with Gasteiger partial charge in [-0.25, -0.2) is 0 Å². The fourth-order valence-electron chi connectivity index (χ4n) is 1.89. The lowest BCUT2D eigenvalue weighted by Gasteiger charge is -2.20. The topological polar surface area (TPSA) is 62.7 Å². The maximum Gasteiger partial charge on any atom is 0.245 e. The molecule has 0 bridgehead atoms. The summed E-state index contributed by atoms with van der Waals surface area (Å²) < 4.78 is 0. The fourth-order valence-corrected chi connectivity index (χ4v) is 1.89. The number of hydrogen-bond donors (Lipinski definition) is 2. The van der Waals surface area contributed by atoms with Crippen molar-refractivity contribution in [2.75, 3.05) is 10.6 Å². The molecule has 20 heavy (non-hydrogen) atoms. The van der Waals surface area contributed by atoms with Gasteiger partial charge in [-0.2, -0.15) is 10.1 Å². The van der Waals surface area contributed by atoms with Gasteiger partial charge < -0.3 is 10.6 Å². The molecule has 0 aliphatic carbocycles. The first-order chi connectivity index (χ1) is 9.35. The summed E-state index contributed by atoms with van der Waals surface area (Å²) in [5.41, 5.74) is 3.32. The number of benzene rings is 1.